The minimum Gasteiger partial charge on any atom is -0.497 e. The molecule has 7 heteroatoms. The smallest absolute Gasteiger partial charge is 0.247 e. The predicted octanol–water partition coefficient (Wildman–Crippen LogP) is 4.98. The molecule has 0 heterocycles. The van der Waals surface area contributed by atoms with E-state index in [1.54, 1.807) is 43.5 Å². The number of benzene rings is 2. The molecule has 2 aromatic carbocycles. The Bertz CT molecular complexity index is 881. The Morgan fingerprint density at radius 2 is 1.69 bits per heavy atom. The topological polar surface area (TPSA) is 58.6 Å². The first-order chi connectivity index (χ1) is 15.5. The fourth-order valence-electron chi connectivity index (χ4n) is 4.15. The highest BCUT2D eigenvalue weighted by Crippen LogP contribution is 2.27. The van der Waals surface area contributed by atoms with Gasteiger partial charge in [0.05, 0.1) is 7.11 Å². The van der Waals surface area contributed by atoms with Crippen molar-refractivity contribution in [1.82, 2.24) is 10.2 Å². The molecule has 1 unspecified atom stereocenters. The normalized spacial score (nSPS) is 15.5. The number of rotatable bonds is 8. The SMILES string of the molecule is COc1ccc(C(C(=O)NC2CCCCCC2)N(Cc2ccc(F)cc2)C(=O)CCl)cc1. The molecule has 1 fully saturated rings. The van der Waals surface area contributed by atoms with E-state index in [9.17, 15) is 14.0 Å². The highest BCUT2D eigenvalue weighted by atomic mass is 35.5. The summed E-state index contributed by atoms with van der Waals surface area (Å²) in [6, 6.07) is 12.2. The van der Waals surface area contributed by atoms with Gasteiger partial charge in [0.2, 0.25) is 11.8 Å². The first kappa shape index (κ1) is 24.1. The summed E-state index contributed by atoms with van der Waals surface area (Å²) in [6.07, 6.45) is 6.38. The van der Waals surface area contributed by atoms with Crippen LogP contribution < -0.4 is 10.1 Å². The second kappa shape index (κ2) is 11.9. The minimum absolute atomic E-state index is 0.0875. The van der Waals surface area contributed by atoms with Crippen LogP contribution >= 0.6 is 11.6 Å². The summed E-state index contributed by atoms with van der Waals surface area (Å²) in [5, 5.41) is 3.17. The zero-order valence-corrected chi connectivity index (χ0v) is 19.1. The Kier molecular flexibility index (Phi) is 8.91. The van der Waals surface area contributed by atoms with Gasteiger partial charge in [-0.15, -0.1) is 11.6 Å². The number of hydrogen-bond acceptors (Lipinski definition) is 3. The maximum Gasteiger partial charge on any atom is 0.247 e. The van der Waals surface area contributed by atoms with E-state index in [0.717, 1.165) is 25.7 Å². The van der Waals surface area contributed by atoms with E-state index in [4.69, 9.17) is 16.3 Å². The number of alkyl halides is 1. The lowest BCUT2D eigenvalue weighted by Crippen LogP contribution is -2.46. The molecule has 3 rings (SSSR count). The highest BCUT2D eigenvalue weighted by molar-refractivity contribution is 6.27. The molecule has 0 radical (unpaired) electrons. The van der Waals surface area contributed by atoms with E-state index >= 15 is 0 Å². The number of nitrogens with one attached hydrogen (secondary N) is 1. The fourth-order valence-corrected chi connectivity index (χ4v) is 4.30. The van der Waals surface area contributed by atoms with Crippen molar-refractivity contribution in [3.05, 3.63) is 65.5 Å². The molecule has 1 saturated carbocycles. The average molecular weight is 461 g/mol. The van der Waals surface area contributed by atoms with Crippen molar-refractivity contribution in [2.45, 2.75) is 57.2 Å². The lowest BCUT2D eigenvalue weighted by molar-refractivity contribution is -0.140. The Labute approximate surface area is 193 Å². The Balaban J connectivity index is 1.93. The van der Waals surface area contributed by atoms with Crippen molar-refractivity contribution in [1.29, 1.82) is 0 Å². The number of hydrogen-bond donors (Lipinski definition) is 1. The molecule has 1 aliphatic carbocycles. The molecule has 0 saturated heterocycles. The molecule has 2 aromatic rings. The van der Waals surface area contributed by atoms with E-state index in [-0.39, 0.29) is 36.1 Å². The van der Waals surface area contributed by atoms with Crippen LogP contribution in [-0.4, -0.2) is 35.7 Å². The molecule has 1 N–H and O–H groups in total. The van der Waals surface area contributed by atoms with Gasteiger partial charge in [-0.2, -0.15) is 0 Å². The minimum atomic E-state index is -0.861. The van der Waals surface area contributed by atoms with E-state index < -0.39 is 6.04 Å². The van der Waals surface area contributed by atoms with Crippen molar-refractivity contribution in [2.75, 3.05) is 13.0 Å². The first-order valence-corrected chi connectivity index (χ1v) is 11.6. The van der Waals surface area contributed by atoms with Gasteiger partial charge in [-0.05, 0) is 48.2 Å². The van der Waals surface area contributed by atoms with Crippen LogP contribution in [0, 0.1) is 5.82 Å². The van der Waals surface area contributed by atoms with Gasteiger partial charge in [0, 0.05) is 12.6 Å². The number of halogens is 2. The van der Waals surface area contributed by atoms with Crippen LogP contribution in [0.4, 0.5) is 4.39 Å². The third-order valence-corrected chi connectivity index (χ3v) is 6.12. The number of ether oxygens (including phenoxy) is 1. The fraction of sp³-hybridized carbons (Fsp3) is 0.440. The molecule has 0 bridgehead atoms. The lowest BCUT2D eigenvalue weighted by atomic mass is 10.0. The average Bonchev–Trinajstić information content (AvgIpc) is 3.08. The van der Waals surface area contributed by atoms with Crippen LogP contribution in [0.15, 0.2) is 48.5 Å². The third kappa shape index (κ3) is 6.45. The van der Waals surface area contributed by atoms with E-state index in [1.165, 1.54) is 29.9 Å². The van der Waals surface area contributed by atoms with E-state index in [1.807, 2.05) is 0 Å². The summed E-state index contributed by atoms with van der Waals surface area (Å²) in [6.45, 7) is 0.139. The molecule has 172 valence electrons. The monoisotopic (exact) mass is 460 g/mol. The van der Waals surface area contributed by atoms with Crippen LogP contribution in [0.1, 0.15) is 55.7 Å². The molecule has 0 aromatic heterocycles. The van der Waals surface area contributed by atoms with Gasteiger partial charge in [0.1, 0.15) is 23.5 Å². The lowest BCUT2D eigenvalue weighted by Gasteiger charge is -2.32. The second-order valence-corrected chi connectivity index (χ2v) is 8.42. The van der Waals surface area contributed by atoms with Gasteiger partial charge >= 0.3 is 0 Å². The maximum atomic E-state index is 13.5. The molecular formula is C25H30ClFN2O3. The maximum absolute atomic E-state index is 13.5. The van der Waals surface area contributed by atoms with Gasteiger partial charge < -0.3 is 15.0 Å². The van der Waals surface area contributed by atoms with Crippen molar-refractivity contribution in [3.8, 4) is 5.75 Å². The van der Waals surface area contributed by atoms with Gasteiger partial charge in [-0.3, -0.25) is 9.59 Å². The predicted molar refractivity (Wildman–Crippen MR) is 123 cm³/mol. The van der Waals surface area contributed by atoms with Crippen molar-refractivity contribution >= 4 is 23.4 Å². The van der Waals surface area contributed by atoms with Crippen LogP contribution in [-0.2, 0) is 16.1 Å². The Morgan fingerprint density at radius 1 is 1.06 bits per heavy atom. The standard InChI is InChI=1S/C25H30ClFN2O3/c1-32-22-14-10-19(11-15-22)24(25(31)28-21-6-4-2-3-5-7-21)29(23(30)16-26)17-18-8-12-20(27)13-9-18/h8-15,21,24H,2-7,16-17H2,1H3,(H,28,31). The number of amides is 2. The summed E-state index contributed by atoms with van der Waals surface area (Å²) in [5.41, 5.74) is 1.38. The molecule has 0 aliphatic heterocycles. The van der Waals surface area contributed by atoms with Crippen LogP contribution in [0.3, 0.4) is 0 Å². The van der Waals surface area contributed by atoms with Crippen LogP contribution in [0.25, 0.3) is 0 Å². The zero-order valence-electron chi connectivity index (χ0n) is 18.4. The number of methoxy groups -OCH3 is 1. The van der Waals surface area contributed by atoms with E-state index in [0.29, 0.717) is 16.9 Å². The zero-order chi connectivity index (χ0) is 22.9. The third-order valence-electron chi connectivity index (χ3n) is 5.89. The number of carbonyl (C=O) groups is 2. The molecular weight excluding hydrogens is 431 g/mol. The van der Waals surface area contributed by atoms with Crippen molar-refractivity contribution in [2.24, 2.45) is 0 Å². The Hall–Kier alpha value is -2.60. The van der Waals surface area contributed by atoms with Crippen LogP contribution in [0.2, 0.25) is 0 Å². The Morgan fingerprint density at radius 3 is 2.25 bits per heavy atom. The van der Waals surface area contributed by atoms with Gasteiger partial charge in [0.25, 0.3) is 0 Å². The molecule has 0 spiro atoms. The molecule has 2 amide bonds. The summed E-state index contributed by atoms with van der Waals surface area (Å²) in [4.78, 5) is 27.9. The molecule has 1 atom stereocenters. The largest absolute Gasteiger partial charge is 0.497 e. The highest BCUT2D eigenvalue weighted by Gasteiger charge is 2.32. The molecule has 1 aliphatic rings. The summed E-state index contributed by atoms with van der Waals surface area (Å²) in [7, 11) is 1.57. The van der Waals surface area contributed by atoms with Crippen LogP contribution in [0.5, 0.6) is 5.75 Å². The number of nitrogens with zero attached hydrogens (tertiary/aromatic N) is 1. The summed E-state index contributed by atoms with van der Waals surface area (Å²) < 4.78 is 18.6. The first-order valence-electron chi connectivity index (χ1n) is 11.1. The van der Waals surface area contributed by atoms with Gasteiger partial charge in [-0.25, -0.2) is 4.39 Å². The van der Waals surface area contributed by atoms with Gasteiger partial charge in [-0.1, -0.05) is 49.9 Å². The van der Waals surface area contributed by atoms with Gasteiger partial charge in [0.15, 0.2) is 0 Å². The van der Waals surface area contributed by atoms with Crippen molar-refractivity contribution in [3.63, 3.8) is 0 Å². The van der Waals surface area contributed by atoms with E-state index in [2.05, 4.69) is 5.32 Å². The quantitative estimate of drug-likeness (QED) is 0.446. The summed E-state index contributed by atoms with van der Waals surface area (Å²) >= 11 is 5.93. The number of carbonyl (C=O) groups excluding carboxylic acids is 2. The summed E-state index contributed by atoms with van der Waals surface area (Å²) in [5.74, 6) is -0.562. The second-order valence-electron chi connectivity index (χ2n) is 8.15. The molecule has 32 heavy (non-hydrogen) atoms. The molecule has 5 nitrogen and oxygen atoms in total. The van der Waals surface area contributed by atoms with Crippen molar-refractivity contribution < 1.29 is 18.7 Å².